The molecule has 2 heterocycles. The summed E-state index contributed by atoms with van der Waals surface area (Å²) in [7, 11) is 0. The summed E-state index contributed by atoms with van der Waals surface area (Å²) >= 11 is 0. The third kappa shape index (κ3) is 8.81. The first kappa shape index (κ1) is 33.6. The Morgan fingerprint density at radius 3 is 2.23 bits per heavy atom. The second-order valence-electron chi connectivity index (χ2n) is 7.53. The zero-order chi connectivity index (χ0) is 27.3. The molecule has 1 atom stereocenters. The van der Waals surface area contributed by atoms with Crippen LogP contribution in [-0.2, 0) is 25.7 Å². The summed E-state index contributed by atoms with van der Waals surface area (Å²) in [5, 5.41) is 29.4. The van der Waals surface area contributed by atoms with E-state index >= 15 is 0 Å². The maximum atomic E-state index is 12.4. The summed E-state index contributed by atoms with van der Waals surface area (Å²) < 4.78 is 0. The number of fused-ring (bicyclic) bond motifs is 1. The molecule has 7 N–H and O–H groups in total. The Morgan fingerprint density at radius 1 is 1.03 bits per heavy atom. The van der Waals surface area contributed by atoms with Crippen LogP contribution in [0.2, 0.25) is 0 Å². The maximum absolute atomic E-state index is 12.4. The van der Waals surface area contributed by atoms with E-state index < -0.39 is 54.3 Å². The quantitative estimate of drug-likeness (QED) is 0.118. The molecule has 18 heteroatoms. The fourth-order valence-corrected chi connectivity index (χ4v) is 3.17. The number of carboxylic acid groups (broad SMARTS) is 3. The average molecular weight is 561 g/mol. The molecule has 196 valence electrons. The number of nitrogens with two attached hydrogens (primary N) is 1. The molecule has 0 fully saturated rings. The summed E-state index contributed by atoms with van der Waals surface area (Å²) in [6, 6.07) is 3.46. The van der Waals surface area contributed by atoms with Gasteiger partial charge in [0, 0.05) is 17.7 Å². The number of aromatic amines is 1. The number of carboxylic acids is 3. The number of carbonyl (C=O) groups excluding carboxylic acids is 2. The van der Waals surface area contributed by atoms with Crippen molar-refractivity contribution in [2.45, 2.75) is 25.4 Å². The number of nitrogens with zero attached hydrogens (tertiary/aromatic N) is 4. The van der Waals surface area contributed by atoms with Crippen LogP contribution in [0, 0.1) is 0 Å². The van der Waals surface area contributed by atoms with Crippen LogP contribution >= 0.6 is 0 Å². The van der Waals surface area contributed by atoms with Crippen molar-refractivity contribution in [3.63, 3.8) is 0 Å². The minimum absolute atomic E-state index is 0. The number of hydrogen-bond donors (Lipinski definition) is 6. The van der Waals surface area contributed by atoms with Crippen molar-refractivity contribution in [2.24, 2.45) is 0 Å². The van der Waals surface area contributed by atoms with E-state index in [9.17, 15) is 39.0 Å². The fraction of sp³-hybridized carbons (Fsp3) is 0.190. The van der Waals surface area contributed by atoms with Crippen LogP contribution in [0.5, 0.6) is 0 Å². The standard InChI is InChI=1S/C21H19N7O9.2Na.2H/c22-21-26-15-14(17(32)27-21)24-10(7-23-15)8-28(18(33)20(36)37)11-3-1-9(2-4-11)16(31)25-12(19(34)35)5-6-13(29)30;;;;/h1-4,7,12H,5-6,8H2,(H,25,31)(H,29,30)(H,34,35)(H,36,37)(H3,22,23,26,27,32);;;;/t12-;;;;/m0..../s1. The van der Waals surface area contributed by atoms with Crippen LogP contribution in [0.25, 0.3) is 11.2 Å². The topological polar surface area (TPSA) is 259 Å². The van der Waals surface area contributed by atoms with Gasteiger partial charge < -0.3 is 31.4 Å². The number of hydrogen-bond acceptors (Lipinski definition) is 10. The van der Waals surface area contributed by atoms with E-state index in [-0.39, 0.29) is 99.6 Å². The Bertz CT molecular complexity index is 1460. The predicted octanol–water partition coefficient (Wildman–Crippen LogP) is -2.34. The van der Waals surface area contributed by atoms with Gasteiger partial charge in [-0.25, -0.2) is 19.6 Å². The number of benzene rings is 1. The van der Waals surface area contributed by atoms with E-state index in [0.29, 0.717) is 0 Å². The van der Waals surface area contributed by atoms with Gasteiger partial charge in [-0.1, -0.05) is 0 Å². The molecule has 0 aliphatic rings. The number of rotatable bonds is 9. The van der Waals surface area contributed by atoms with Gasteiger partial charge in [-0.05, 0) is 30.7 Å². The Kier molecular flexibility index (Phi) is 12.6. The van der Waals surface area contributed by atoms with Crippen LogP contribution in [0.15, 0.2) is 35.3 Å². The molecule has 0 unspecified atom stereocenters. The summed E-state index contributed by atoms with van der Waals surface area (Å²) in [6.07, 6.45) is 0.382. The molecular formula is C21H21N7Na2O9. The van der Waals surface area contributed by atoms with E-state index in [4.69, 9.17) is 10.8 Å². The molecule has 2 amide bonds. The summed E-state index contributed by atoms with van der Waals surface area (Å²) in [5.41, 5.74) is 4.58. The van der Waals surface area contributed by atoms with E-state index in [1.807, 2.05) is 0 Å². The second-order valence-corrected chi connectivity index (χ2v) is 7.53. The SMILES string of the molecule is Nc1nc(=O)c2nc(CN(C(=O)C(=O)O)c3ccc(C(=O)N[C@@H](CCC(=O)O)C(=O)O)cc3)cnc2[nH]1.[NaH].[NaH]. The third-order valence-electron chi connectivity index (χ3n) is 4.93. The van der Waals surface area contributed by atoms with Gasteiger partial charge in [0.1, 0.15) is 6.04 Å². The van der Waals surface area contributed by atoms with Gasteiger partial charge in [0.05, 0.1) is 18.4 Å². The number of carbonyl (C=O) groups is 5. The molecule has 16 nitrogen and oxygen atoms in total. The number of aliphatic carboxylic acids is 3. The fourth-order valence-electron chi connectivity index (χ4n) is 3.17. The van der Waals surface area contributed by atoms with Crippen molar-refractivity contribution in [1.82, 2.24) is 25.3 Å². The number of nitrogens with one attached hydrogen (secondary N) is 2. The van der Waals surface area contributed by atoms with Gasteiger partial charge in [0.25, 0.3) is 5.91 Å². The van der Waals surface area contributed by atoms with E-state index in [1.165, 1.54) is 30.5 Å². The van der Waals surface area contributed by atoms with Crippen molar-refractivity contribution < 1.29 is 39.3 Å². The number of aromatic nitrogens is 4. The Morgan fingerprint density at radius 2 is 1.67 bits per heavy atom. The van der Waals surface area contributed by atoms with Crippen molar-refractivity contribution in [3.05, 3.63) is 52.1 Å². The van der Waals surface area contributed by atoms with E-state index in [2.05, 4.69) is 25.3 Å². The van der Waals surface area contributed by atoms with Crippen molar-refractivity contribution in [2.75, 3.05) is 10.6 Å². The molecule has 3 rings (SSSR count). The molecule has 0 bridgehead atoms. The predicted molar refractivity (Wildman–Crippen MR) is 138 cm³/mol. The van der Waals surface area contributed by atoms with Crippen LogP contribution in [0.1, 0.15) is 28.9 Å². The van der Waals surface area contributed by atoms with E-state index in [0.717, 1.165) is 4.90 Å². The molecule has 0 saturated carbocycles. The van der Waals surface area contributed by atoms with Gasteiger partial charge in [-0.3, -0.25) is 24.1 Å². The van der Waals surface area contributed by atoms with Crippen LogP contribution in [0.4, 0.5) is 11.6 Å². The van der Waals surface area contributed by atoms with Crippen molar-refractivity contribution in [3.8, 4) is 0 Å². The summed E-state index contributed by atoms with van der Waals surface area (Å²) in [6.45, 7) is -0.417. The van der Waals surface area contributed by atoms with Crippen molar-refractivity contribution in [1.29, 1.82) is 0 Å². The monoisotopic (exact) mass is 561 g/mol. The zero-order valence-electron chi connectivity index (χ0n) is 18.7. The first-order valence-corrected chi connectivity index (χ1v) is 10.4. The molecular weight excluding hydrogens is 540 g/mol. The molecule has 0 saturated heterocycles. The van der Waals surface area contributed by atoms with Crippen LogP contribution < -0.4 is 21.5 Å². The summed E-state index contributed by atoms with van der Waals surface area (Å²) in [4.78, 5) is 85.2. The van der Waals surface area contributed by atoms with Crippen LogP contribution in [-0.4, -0.2) is 130 Å². The van der Waals surface area contributed by atoms with Gasteiger partial charge in [0.15, 0.2) is 11.2 Å². The van der Waals surface area contributed by atoms with Gasteiger partial charge in [-0.15, -0.1) is 0 Å². The minimum atomic E-state index is -1.79. The number of anilines is 2. The number of nitrogen functional groups attached to an aromatic ring is 1. The second kappa shape index (κ2) is 14.7. The normalized spacial score (nSPS) is 10.9. The molecule has 0 radical (unpaired) electrons. The first-order chi connectivity index (χ1) is 17.5. The van der Waals surface area contributed by atoms with Gasteiger partial charge in [-0.2, -0.15) is 4.98 Å². The molecule has 0 aliphatic heterocycles. The molecule has 3 aromatic rings. The summed E-state index contributed by atoms with van der Waals surface area (Å²) in [5.74, 6) is -6.78. The molecule has 39 heavy (non-hydrogen) atoms. The Hall–Kier alpha value is -3.41. The number of H-pyrrole nitrogens is 1. The first-order valence-electron chi connectivity index (χ1n) is 10.4. The molecule has 0 spiro atoms. The van der Waals surface area contributed by atoms with Gasteiger partial charge >= 0.3 is 88.5 Å². The Labute approximate surface area is 262 Å². The van der Waals surface area contributed by atoms with E-state index in [1.54, 1.807) is 0 Å². The molecule has 0 aliphatic carbocycles. The number of amides is 2. The third-order valence-corrected chi connectivity index (χ3v) is 4.93. The van der Waals surface area contributed by atoms with Crippen molar-refractivity contribution >= 4 is 112 Å². The average Bonchev–Trinajstić information content (AvgIpc) is 2.84. The van der Waals surface area contributed by atoms with Gasteiger partial charge in [0.2, 0.25) is 5.95 Å². The molecule has 2 aromatic heterocycles. The van der Waals surface area contributed by atoms with Crippen LogP contribution in [0.3, 0.4) is 0 Å². The molecule has 1 aromatic carbocycles. The zero-order valence-corrected chi connectivity index (χ0v) is 18.7. The Balaban J connectivity index is 0.00000380.